The van der Waals surface area contributed by atoms with Crippen molar-refractivity contribution < 1.29 is 26.9 Å². The number of ether oxygens (including phenoxy) is 1. The number of aromatic nitrogens is 3. The SMILES string of the molecule is CC[C@@H]1CN(c2nc(-n3ccc(OCC4(C(F)(F)F)CC4)n3)ccc2C(=O)NS(=O)c2ccccc2)C(C)(C)C1. The van der Waals surface area contributed by atoms with Gasteiger partial charge in [-0.05, 0) is 63.3 Å². The largest absolute Gasteiger partial charge is 0.476 e. The first-order valence-electron chi connectivity index (χ1n) is 13.2. The number of halogens is 3. The van der Waals surface area contributed by atoms with E-state index in [-0.39, 0.29) is 29.8 Å². The fourth-order valence-corrected chi connectivity index (χ4v) is 5.91. The van der Waals surface area contributed by atoms with Crippen molar-refractivity contribution in [1.29, 1.82) is 0 Å². The normalized spacial score (nSPS) is 20.2. The van der Waals surface area contributed by atoms with Gasteiger partial charge < -0.3 is 9.64 Å². The number of hydrogen-bond donors (Lipinski definition) is 1. The second kappa shape index (κ2) is 10.5. The summed E-state index contributed by atoms with van der Waals surface area (Å²) in [5.41, 5.74) is -1.83. The van der Waals surface area contributed by atoms with Crippen molar-refractivity contribution in [3.8, 4) is 11.7 Å². The molecule has 0 bridgehead atoms. The fraction of sp³-hybridized carbons (Fsp3) is 0.464. The van der Waals surface area contributed by atoms with E-state index in [9.17, 15) is 22.2 Å². The lowest BCUT2D eigenvalue weighted by Crippen LogP contribution is -2.40. The van der Waals surface area contributed by atoms with Crippen LogP contribution in [0.2, 0.25) is 0 Å². The van der Waals surface area contributed by atoms with E-state index in [0.29, 0.717) is 29.0 Å². The van der Waals surface area contributed by atoms with Crippen LogP contribution in [0.3, 0.4) is 0 Å². The van der Waals surface area contributed by atoms with Crippen molar-refractivity contribution in [2.24, 2.45) is 11.3 Å². The molecule has 1 unspecified atom stereocenters. The molecule has 1 saturated carbocycles. The smallest absolute Gasteiger partial charge is 0.397 e. The number of pyridine rings is 1. The van der Waals surface area contributed by atoms with Crippen molar-refractivity contribution >= 4 is 22.7 Å². The van der Waals surface area contributed by atoms with Gasteiger partial charge in [-0.2, -0.15) is 13.2 Å². The van der Waals surface area contributed by atoms with Crippen LogP contribution in [0, 0.1) is 11.3 Å². The van der Waals surface area contributed by atoms with Gasteiger partial charge in [0.15, 0.2) is 16.8 Å². The van der Waals surface area contributed by atoms with E-state index < -0.39 is 35.1 Å². The van der Waals surface area contributed by atoms with Gasteiger partial charge in [-0.1, -0.05) is 31.5 Å². The third-order valence-electron chi connectivity index (χ3n) is 7.79. The molecule has 1 aliphatic carbocycles. The number of carbonyl (C=O) groups excluding carboxylic acids is 1. The first-order valence-corrected chi connectivity index (χ1v) is 14.4. The van der Waals surface area contributed by atoms with Crippen LogP contribution >= 0.6 is 0 Å². The first-order chi connectivity index (χ1) is 18.9. The summed E-state index contributed by atoms with van der Waals surface area (Å²) in [4.78, 5) is 20.7. The zero-order valence-electron chi connectivity index (χ0n) is 22.6. The zero-order valence-corrected chi connectivity index (χ0v) is 23.4. The first kappa shape index (κ1) is 28.1. The van der Waals surface area contributed by atoms with Gasteiger partial charge in [0.2, 0.25) is 5.88 Å². The molecule has 5 rings (SSSR count). The molecule has 214 valence electrons. The molecule has 0 radical (unpaired) electrons. The average Bonchev–Trinajstić information content (AvgIpc) is 3.48. The molecule has 3 heterocycles. The molecule has 1 amide bonds. The van der Waals surface area contributed by atoms with Crippen molar-refractivity contribution in [2.75, 3.05) is 18.1 Å². The van der Waals surface area contributed by atoms with Crippen LogP contribution in [0.15, 0.2) is 59.6 Å². The molecule has 3 aromatic rings. The van der Waals surface area contributed by atoms with E-state index in [1.54, 1.807) is 48.7 Å². The Bertz CT molecular complexity index is 1410. The minimum absolute atomic E-state index is 0.0467. The van der Waals surface area contributed by atoms with Gasteiger partial charge in [-0.15, -0.1) is 5.10 Å². The number of nitrogens with zero attached hydrogens (tertiary/aromatic N) is 4. The second-order valence-corrected chi connectivity index (χ2v) is 12.3. The van der Waals surface area contributed by atoms with Crippen molar-refractivity contribution in [3.63, 3.8) is 0 Å². The van der Waals surface area contributed by atoms with E-state index in [2.05, 4.69) is 35.5 Å². The monoisotopic (exact) mass is 575 g/mol. The van der Waals surface area contributed by atoms with Crippen LogP contribution in [0.4, 0.5) is 19.0 Å². The van der Waals surface area contributed by atoms with Gasteiger partial charge >= 0.3 is 6.18 Å². The van der Waals surface area contributed by atoms with E-state index >= 15 is 0 Å². The van der Waals surface area contributed by atoms with Gasteiger partial charge in [0.05, 0.1) is 10.5 Å². The summed E-state index contributed by atoms with van der Waals surface area (Å²) in [6.07, 6.45) is -0.782. The van der Waals surface area contributed by atoms with Crippen LogP contribution < -0.4 is 14.4 Å². The number of amides is 1. The summed E-state index contributed by atoms with van der Waals surface area (Å²) in [7, 11) is -1.76. The average molecular weight is 576 g/mol. The highest BCUT2D eigenvalue weighted by Crippen LogP contribution is 2.57. The predicted molar refractivity (Wildman–Crippen MR) is 145 cm³/mol. The van der Waals surface area contributed by atoms with Gasteiger partial charge in [0, 0.05) is 24.3 Å². The Hall–Kier alpha value is -3.41. The Kier molecular flexibility index (Phi) is 7.41. The summed E-state index contributed by atoms with van der Waals surface area (Å²) >= 11 is 0. The molecule has 1 N–H and O–H groups in total. The number of anilines is 1. The Balaban J connectivity index is 1.43. The van der Waals surface area contributed by atoms with Crippen LogP contribution in [-0.2, 0) is 11.0 Å². The van der Waals surface area contributed by atoms with Gasteiger partial charge in [0.1, 0.15) is 17.8 Å². The Morgan fingerprint density at radius 2 is 1.88 bits per heavy atom. The van der Waals surface area contributed by atoms with Crippen LogP contribution in [-0.4, -0.2) is 49.7 Å². The minimum atomic E-state index is -4.31. The summed E-state index contributed by atoms with van der Waals surface area (Å²) in [5.74, 6) is 0.735. The molecule has 40 heavy (non-hydrogen) atoms. The summed E-state index contributed by atoms with van der Waals surface area (Å²) < 4.78 is 62.1. The van der Waals surface area contributed by atoms with Crippen molar-refractivity contribution in [3.05, 3.63) is 60.3 Å². The Morgan fingerprint density at radius 3 is 2.50 bits per heavy atom. The number of alkyl halides is 3. The molecule has 8 nitrogen and oxygen atoms in total. The van der Waals surface area contributed by atoms with Gasteiger partial charge in [0.25, 0.3) is 5.91 Å². The maximum Gasteiger partial charge on any atom is 0.397 e. The molecule has 1 aliphatic heterocycles. The Morgan fingerprint density at radius 1 is 1.15 bits per heavy atom. The van der Waals surface area contributed by atoms with Crippen LogP contribution in [0.25, 0.3) is 5.82 Å². The topological polar surface area (TPSA) is 89.3 Å². The van der Waals surface area contributed by atoms with Gasteiger partial charge in [-0.3, -0.25) is 9.52 Å². The molecule has 0 spiro atoms. The van der Waals surface area contributed by atoms with Gasteiger partial charge in [-0.25, -0.2) is 13.9 Å². The minimum Gasteiger partial charge on any atom is -0.476 e. The molecule has 1 aromatic carbocycles. The van der Waals surface area contributed by atoms with Crippen molar-refractivity contribution in [2.45, 2.75) is 63.1 Å². The summed E-state index contributed by atoms with van der Waals surface area (Å²) in [6.45, 7) is 6.52. The highest BCUT2D eigenvalue weighted by atomic mass is 32.2. The number of rotatable bonds is 9. The number of nitrogens with one attached hydrogen (secondary N) is 1. The Labute approximate surface area is 233 Å². The molecule has 2 fully saturated rings. The lowest BCUT2D eigenvalue weighted by atomic mass is 9.95. The number of benzene rings is 1. The summed E-state index contributed by atoms with van der Waals surface area (Å²) in [5, 5.41) is 4.29. The molecule has 2 atom stereocenters. The van der Waals surface area contributed by atoms with Crippen LogP contribution in [0.5, 0.6) is 5.88 Å². The predicted octanol–water partition coefficient (Wildman–Crippen LogP) is 5.46. The molecule has 2 aromatic heterocycles. The quantitative estimate of drug-likeness (QED) is 0.365. The lowest BCUT2D eigenvalue weighted by Gasteiger charge is -2.34. The molecule has 1 saturated heterocycles. The zero-order chi connectivity index (χ0) is 28.7. The third kappa shape index (κ3) is 5.59. The highest BCUT2D eigenvalue weighted by Gasteiger charge is 2.64. The van der Waals surface area contributed by atoms with E-state index in [0.717, 1.165) is 12.8 Å². The maximum absolute atomic E-state index is 13.4. The third-order valence-corrected chi connectivity index (χ3v) is 8.86. The molecule has 2 aliphatic rings. The number of carbonyl (C=O) groups is 1. The van der Waals surface area contributed by atoms with E-state index in [1.807, 2.05) is 0 Å². The molecular formula is C28H32F3N5O3S. The maximum atomic E-state index is 13.4. The lowest BCUT2D eigenvalue weighted by molar-refractivity contribution is -0.194. The molecular weight excluding hydrogens is 543 g/mol. The van der Waals surface area contributed by atoms with E-state index in [4.69, 9.17) is 9.72 Å². The highest BCUT2D eigenvalue weighted by molar-refractivity contribution is 7.83. The second-order valence-electron chi connectivity index (χ2n) is 11.1. The molecule has 12 heteroatoms. The standard InChI is InChI=1S/C28H32F3N5O3S/c1-4-19-16-26(2,3)35(17-19)24-21(25(37)34-40(38)20-8-6-5-7-9-20)10-11-22(32-24)36-15-12-23(33-36)39-18-27(13-14-27)28(29,30)31/h5-12,15,19H,4,13-14,16-18H2,1-3H3,(H,34,37)/t19-,40?/m0/s1. The number of hydrogen-bond acceptors (Lipinski definition) is 6. The van der Waals surface area contributed by atoms with E-state index in [1.165, 1.54) is 10.7 Å². The van der Waals surface area contributed by atoms with Crippen molar-refractivity contribution in [1.82, 2.24) is 19.5 Å². The summed E-state index contributed by atoms with van der Waals surface area (Å²) in [6, 6.07) is 13.3. The fourth-order valence-electron chi connectivity index (χ4n) is 5.11. The van der Waals surface area contributed by atoms with Crippen LogP contribution in [0.1, 0.15) is 56.8 Å².